The predicted molar refractivity (Wildman–Crippen MR) is 113 cm³/mol. The zero-order chi connectivity index (χ0) is 19.9. The molecule has 1 saturated heterocycles. The average Bonchev–Trinajstić information content (AvgIpc) is 2.68. The minimum atomic E-state index is -0.700. The van der Waals surface area contributed by atoms with Crippen LogP contribution in [-0.2, 0) is 14.0 Å². The lowest BCUT2D eigenvalue weighted by molar-refractivity contribution is -0.0544. The summed E-state index contributed by atoms with van der Waals surface area (Å²) in [6, 6.07) is 20.6. The maximum atomic E-state index is 6.29. The molecule has 1 aliphatic rings. The molecular weight excluding hydrogens is 351 g/mol. The number of hydrogen-bond donors (Lipinski definition) is 0. The van der Waals surface area contributed by atoms with Crippen LogP contribution in [0.25, 0.3) is 0 Å². The predicted octanol–water partition coefficient (Wildman–Crippen LogP) is 3.40. The van der Waals surface area contributed by atoms with E-state index in [0.717, 1.165) is 30.6 Å². The van der Waals surface area contributed by atoms with Crippen LogP contribution in [0, 0.1) is 0 Å². The summed E-state index contributed by atoms with van der Waals surface area (Å²) in [6.45, 7) is 1.60. The van der Waals surface area contributed by atoms with Crippen molar-refractivity contribution < 1.29 is 14.0 Å². The molecule has 0 N–H and O–H groups in total. The Morgan fingerprint density at radius 1 is 0.821 bits per heavy atom. The topological polar surface area (TPSA) is 34.2 Å². The second kappa shape index (κ2) is 10.2. The van der Waals surface area contributed by atoms with Gasteiger partial charge in [0.25, 0.3) is 0 Å². The third kappa shape index (κ3) is 6.16. The van der Waals surface area contributed by atoms with Crippen LogP contribution in [0.5, 0.6) is 0 Å². The van der Waals surface area contributed by atoms with E-state index in [4.69, 9.17) is 14.0 Å². The Bertz CT molecular complexity index is 642. The van der Waals surface area contributed by atoms with Crippen LogP contribution in [0.4, 0.5) is 0 Å². The van der Waals surface area contributed by atoms with Crippen LogP contribution >= 0.6 is 0 Å². The van der Waals surface area contributed by atoms with Crippen LogP contribution in [0.15, 0.2) is 60.7 Å². The number of hydrogen-bond acceptors (Lipinski definition) is 5. The molecule has 1 aliphatic heterocycles. The number of rotatable bonds is 8. The van der Waals surface area contributed by atoms with Crippen molar-refractivity contribution in [3.63, 3.8) is 0 Å². The van der Waals surface area contributed by atoms with Crippen LogP contribution in [0.1, 0.15) is 29.8 Å². The van der Waals surface area contributed by atoms with E-state index in [9.17, 15) is 0 Å². The minimum absolute atomic E-state index is 0.0130. The highest BCUT2D eigenvalue weighted by Gasteiger charge is 2.39. The van der Waals surface area contributed by atoms with E-state index >= 15 is 0 Å². The summed E-state index contributed by atoms with van der Waals surface area (Å²) in [5.41, 5.74) is 2.30. The van der Waals surface area contributed by atoms with Crippen molar-refractivity contribution in [2.45, 2.75) is 24.7 Å². The summed E-state index contributed by atoms with van der Waals surface area (Å²) in [5.74, 6) is 0. The molecule has 0 aromatic heterocycles. The van der Waals surface area contributed by atoms with Gasteiger partial charge in [-0.15, -0.1) is 0 Å². The maximum Gasteiger partial charge on any atom is 0.640 e. The Morgan fingerprint density at radius 2 is 1.25 bits per heavy atom. The van der Waals surface area contributed by atoms with E-state index in [0.29, 0.717) is 0 Å². The van der Waals surface area contributed by atoms with Crippen LogP contribution in [0.2, 0.25) is 0 Å². The van der Waals surface area contributed by atoms with Crippen LogP contribution in [-0.4, -0.2) is 64.5 Å². The van der Waals surface area contributed by atoms with Crippen molar-refractivity contribution in [1.82, 2.24) is 9.80 Å². The molecule has 6 heteroatoms. The fraction of sp³-hybridized carbons (Fsp3) is 0.455. The Balaban J connectivity index is 1.78. The summed E-state index contributed by atoms with van der Waals surface area (Å²) >= 11 is 0. The minimum Gasteiger partial charge on any atom is -0.380 e. The number of likely N-dealkylation sites (N-methyl/N-ethyl adjacent to an activating group) is 2. The first-order chi connectivity index (χ1) is 13.5. The number of nitrogens with zero attached hydrogens (tertiary/aromatic N) is 2. The van der Waals surface area contributed by atoms with E-state index in [1.165, 1.54) is 0 Å². The molecular formula is C22H31BN2O3. The van der Waals surface area contributed by atoms with E-state index in [1.807, 2.05) is 64.6 Å². The van der Waals surface area contributed by atoms with E-state index in [2.05, 4.69) is 34.1 Å². The van der Waals surface area contributed by atoms with Crippen molar-refractivity contribution in [3.8, 4) is 0 Å². The molecule has 3 rings (SSSR count). The highest BCUT2D eigenvalue weighted by atomic mass is 16.7. The smallest absolute Gasteiger partial charge is 0.380 e. The first-order valence-electron chi connectivity index (χ1n) is 9.87. The molecule has 0 radical (unpaired) electrons. The van der Waals surface area contributed by atoms with Crippen molar-refractivity contribution in [3.05, 3.63) is 71.8 Å². The maximum absolute atomic E-state index is 6.29. The molecule has 0 bridgehead atoms. The Kier molecular flexibility index (Phi) is 7.65. The lowest BCUT2D eigenvalue weighted by Gasteiger charge is -2.36. The molecule has 0 saturated carbocycles. The second-order valence-electron chi connectivity index (χ2n) is 7.88. The van der Waals surface area contributed by atoms with Crippen molar-refractivity contribution in [2.24, 2.45) is 0 Å². The van der Waals surface area contributed by atoms with Crippen LogP contribution < -0.4 is 0 Å². The van der Waals surface area contributed by atoms with Crippen molar-refractivity contribution >= 4 is 7.32 Å². The third-order valence-electron chi connectivity index (χ3n) is 4.76. The van der Waals surface area contributed by atoms with Gasteiger partial charge in [0.1, 0.15) is 0 Å². The summed E-state index contributed by atoms with van der Waals surface area (Å²) in [6.07, 6.45) is 0.620. The number of benzene rings is 2. The quantitative estimate of drug-likeness (QED) is 0.654. The lowest BCUT2D eigenvalue weighted by Crippen LogP contribution is -2.45. The highest BCUT2D eigenvalue weighted by Crippen LogP contribution is 2.37. The molecule has 0 aliphatic carbocycles. The molecule has 0 amide bonds. The van der Waals surface area contributed by atoms with Gasteiger partial charge in [-0.25, -0.2) is 0 Å². The average molecular weight is 382 g/mol. The standard InChI is InChI=1S/C22H31BN2O3/c1-24(2)16-20(17-25(3)4)26-23-27-21(18-11-7-5-8-12-18)15-22(28-23)19-13-9-6-10-14-19/h5-14,20-22H,15-17H2,1-4H3/t21-,22-/m0/s1. The summed E-state index contributed by atoms with van der Waals surface area (Å²) in [7, 11) is 7.50. The lowest BCUT2D eigenvalue weighted by atomic mass is 9.93. The van der Waals surface area contributed by atoms with Gasteiger partial charge in [-0.1, -0.05) is 60.7 Å². The first kappa shape index (κ1) is 21.0. The van der Waals surface area contributed by atoms with Gasteiger partial charge in [0.15, 0.2) is 0 Å². The highest BCUT2D eigenvalue weighted by molar-refractivity contribution is 6.36. The summed E-state index contributed by atoms with van der Waals surface area (Å²) in [4.78, 5) is 4.25. The van der Waals surface area contributed by atoms with Gasteiger partial charge in [-0.3, -0.25) is 0 Å². The zero-order valence-electron chi connectivity index (χ0n) is 17.3. The Labute approximate surface area is 169 Å². The van der Waals surface area contributed by atoms with Gasteiger partial charge in [0.2, 0.25) is 0 Å². The van der Waals surface area contributed by atoms with Crippen LogP contribution in [0.3, 0.4) is 0 Å². The summed E-state index contributed by atoms with van der Waals surface area (Å²) < 4.78 is 18.8. The monoisotopic (exact) mass is 382 g/mol. The van der Waals surface area contributed by atoms with E-state index in [1.54, 1.807) is 0 Å². The molecule has 2 aromatic rings. The molecule has 1 fully saturated rings. The fourth-order valence-electron chi connectivity index (χ4n) is 3.55. The molecule has 2 atom stereocenters. The summed E-state index contributed by atoms with van der Waals surface area (Å²) in [5, 5.41) is 0. The molecule has 28 heavy (non-hydrogen) atoms. The van der Waals surface area contributed by atoms with Crippen molar-refractivity contribution in [2.75, 3.05) is 41.3 Å². The van der Waals surface area contributed by atoms with Gasteiger partial charge in [-0.2, -0.15) is 0 Å². The molecule has 150 valence electrons. The third-order valence-corrected chi connectivity index (χ3v) is 4.76. The molecule has 0 spiro atoms. The molecule has 2 aromatic carbocycles. The zero-order valence-corrected chi connectivity index (χ0v) is 17.3. The van der Waals surface area contributed by atoms with Gasteiger partial charge >= 0.3 is 7.32 Å². The fourth-order valence-corrected chi connectivity index (χ4v) is 3.55. The normalized spacial score (nSPS) is 20.3. The van der Waals surface area contributed by atoms with Gasteiger partial charge in [0.05, 0.1) is 18.3 Å². The molecule has 0 unspecified atom stereocenters. The second-order valence-corrected chi connectivity index (χ2v) is 7.88. The SMILES string of the molecule is CN(C)CC(CN(C)C)OB1O[C@H](c2ccccc2)C[C@@H](c2ccccc2)O1. The molecule has 5 nitrogen and oxygen atoms in total. The van der Waals surface area contributed by atoms with Gasteiger partial charge in [-0.05, 0) is 39.3 Å². The van der Waals surface area contributed by atoms with E-state index < -0.39 is 7.32 Å². The van der Waals surface area contributed by atoms with Gasteiger partial charge < -0.3 is 23.8 Å². The molecule has 1 heterocycles. The van der Waals surface area contributed by atoms with E-state index in [-0.39, 0.29) is 18.3 Å². The first-order valence-corrected chi connectivity index (χ1v) is 9.87. The largest absolute Gasteiger partial charge is 0.640 e. The Morgan fingerprint density at radius 3 is 1.64 bits per heavy atom. The Hall–Kier alpha value is -1.70. The van der Waals surface area contributed by atoms with Gasteiger partial charge in [0, 0.05) is 19.5 Å². The van der Waals surface area contributed by atoms with Crippen molar-refractivity contribution in [1.29, 1.82) is 0 Å².